The Kier molecular flexibility index (Phi) is 8.49. The van der Waals surface area contributed by atoms with Crippen LogP contribution in [-0.2, 0) is 16.7 Å². The second-order valence-corrected chi connectivity index (χ2v) is 8.66. The van der Waals surface area contributed by atoms with Crippen molar-refractivity contribution in [2.45, 2.75) is 38.8 Å². The van der Waals surface area contributed by atoms with Crippen molar-refractivity contribution in [1.29, 1.82) is 0 Å². The quantitative estimate of drug-likeness (QED) is 0.478. The van der Waals surface area contributed by atoms with Gasteiger partial charge in [0.25, 0.3) is 0 Å². The number of ether oxygens (including phenoxy) is 3. The van der Waals surface area contributed by atoms with Gasteiger partial charge in [0.05, 0.1) is 26.5 Å². The van der Waals surface area contributed by atoms with Gasteiger partial charge in [-0.05, 0) is 24.6 Å². The number of thiazole rings is 1. The van der Waals surface area contributed by atoms with Gasteiger partial charge >= 0.3 is 0 Å². The molecule has 1 heterocycles. The van der Waals surface area contributed by atoms with Crippen LogP contribution in [0.3, 0.4) is 0 Å². The van der Waals surface area contributed by atoms with Crippen LogP contribution in [0.1, 0.15) is 43.1 Å². The molecule has 1 aromatic heterocycles. The summed E-state index contributed by atoms with van der Waals surface area (Å²) in [5, 5.41) is 6.55. The van der Waals surface area contributed by atoms with E-state index in [2.05, 4.69) is 45.5 Å². The molecule has 0 amide bonds. The Hall–Kier alpha value is -2.32. The summed E-state index contributed by atoms with van der Waals surface area (Å²) in [5.41, 5.74) is 2.02. The molecule has 0 radical (unpaired) electrons. The van der Waals surface area contributed by atoms with E-state index in [9.17, 15) is 0 Å². The highest BCUT2D eigenvalue weighted by Gasteiger charge is 2.23. The van der Waals surface area contributed by atoms with Crippen molar-refractivity contribution in [3.63, 3.8) is 0 Å². The summed E-state index contributed by atoms with van der Waals surface area (Å²) in [4.78, 5) is 11.2. The second-order valence-electron chi connectivity index (χ2n) is 7.77. The van der Waals surface area contributed by atoms with Crippen LogP contribution < -0.4 is 14.8 Å². The van der Waals surface area contributed by atoms with Gasteiger partial charge < -0.3 is 24.4 Å². The zero-order valence-electron chi connectivity index (χ0n) is 19.3. The molecule has 1 N–H and O–H groups in total. The fourth-order valence-corrected chi connectivity index (χ4v) is 3.89. The lowest BCUT2D eigenvalue weighted by molar-refractivity contribution is 0.119. The van der Waals surface area contributed by atoms with Crippen molar-refractivity contribution < 1.29 is 14.2 Å². The molecule has 0 spiro atoms. The number of hydrogen-bond donors (Lipinski definition) is 1. The largest absolute Gasteiger partial charge is 0.493 e. The molecule has 0 fully saturated rings. The Morgan fingerprint density at radius 3 is 2.53 bits per heavy atom. The molecule has 8 heteroatoms. The molecular formula is C22H34N4O3S. The van der Waals surface area contributed by atoms with Crippen molar-refractivity contribution in [3.05, 3.63) is 39.8 Å². The minimum atomic E-state index is -0.141. The summed E-state index contributed by atoms with van der Waals surface area (Å²) < 4.78 is 16.2. The van der Waals surface area contributed by atoms with Crippen molar-refractivity contribution in [3.8, 4) is 11.5 Å². The number of nitrogens with zero attached hydrogens (tertiary/aromatic N) is 3. The van der Waals surface area contributed by atoms with Gasteiger partial charge in [0, 0.05) is 38.5 Å². The molecule has 1 unspecified atom stereocenters. The summed E-state index contributed by atoms with van der Waals surface area (Å²) in [7, 11) is 8.80. The highest BCUT2D eigenvalue weighted by atomic mass is 32.1. The van der Waals surface area contributed by atoms with E-state index < -0.39 is 0 Å². The SMILES string of the molecule is CN=C(NCC(C)(C)c1ccc(OC)c(OC)c1)N(C)Cc1csc(C(C)OC)n1. The van der Waals surface area contributed by atoms with E-state index in [-0.39, 0.29) is 11.5 Å². The van der Waals surface area contributed by atoms with E-state index in [0.29, 0.717) is 13.1 Å². The second kappa shape index (κ2) is 10.6. The Morgan fingerprint density at radius 2 is 1.93 bits per heavy atom. The van der Waals surface area contributed by atoms with E-state index in [1.165, 1.54) is 0 Å². The Balaban J connectivity index is 2.04. The number of aromatic nitrogens is 1. The lowest BCUT2D eigenvalue weighted by atomic mass is 9.84. The average molecular weight is 435 g/mol. The lowest BCUT2D eigenvalue weighted by Gasteiger charge is -2.29. The monoisotopic (exact) mass is 434 g/mol. The molecule has 7 nitrogen and oxygen atoms in total. The molecule has 0 bridgehead atoms. The maximum atomic E-state index is 5.46. The average Bonchev–Trinajstić information content (AvgIpc) is 3.21. The number of methoxy groups -OCH3 is 3. The third-order valence-electron chi connectivity index (χ3n) is 5.10. The van der Waals surface area contributed by atoms with E-state index >= 15 is 0 Å². The van der Waals surface area contributed by atoms with Crippen LogP contribution in [0, 0.1) is 0 Å². The standard InChI is InChI=1S/C22H34N4O3S/c1-15(27-6)20-25-17(13-30-20)12-26(5)21(23-4)24-14-22(2,3)16-9-10-18(28-7)19(11-16)29-8/h9-11,13,15H,12,14H2,1-8H3,(H,23,24). The van der Waals surface area contributed by atoms with Crippen molar-refractivity contribution in [1.82, 2.24) is 15.2 Å². The predicted octanol–water partition coefficient (Wildman–Crippen LogP) is 3.85. The first-order valence-corrected chi connectivity index (χ1v) is 10.7. The van der Waals surface area contributed by atoms with Gasteiger partial charge in [-0.2, -0.15) is 0 Å². The molecule has 0 aliphatic carbocycles. The maximum absolute atomic E-state index is 5.46. The Morgan fingerprint density at radius 1 is 1.23 bits per heavy atom. The van der Waals surface area contributed by atoms with Crippen LogP contribution in [0.15, 0.2) is 28.6 Å². The molecule has 166 valence electrons. The zero-order valence-corrected chi connectivity index (χ0v) is 20.1. The molecule has 2 aromatic rings. The summed E-state index contributed by atoms with van der Waals surface area (Å²) in [6.07, 6.45) is 0.00813. The van der Waals surface area contributed by atoms with Gasteiger partial charge in [0.15, 0.2) is 17.5 Å². The molecule has 1 atom stereocenters. The van der Waals surface area contributed by atoms with Gasteiger partial charge in [0.1, 0.15) is 11.1 Å². The van der Waals surface area contributed by atoms with Crippen LogP contribution in [0.2, 0.25) is 0 Å². The first-order valence-electron chi connectivity index (χ1n) is 9.87. The van der Waals surface area contributed by atoms with Gasteiger partial charge in [-0.3, -0.25) is 4.99 Å². The highest BCUT2D eigenvalue weighted by Crippen LogP contribution is 2.33. The van der Waals surface area contributed by atoms with E-state index in [1.807, 2.05) is 26.1 Å². The minimum absolute atomic E-state index is 0.00813. The minimum Gasteiger partial charge on any atom is -0.493 e. The van der Waals surface area contributed by atoms with Gasteiger partial charge in [-0.1, -0.05) is 19.9 Å². The Bertz CT molecular complexity index is 851. The first kappa shape index (κ1) is 24.0. The fraction of sp³-hybridized carbons (Fsp3) is 0.545. The molecule has 0 saturated heterocycles. The smallest absolute Gasteiger partial charge is 0.193 e. The van der Waals surface area contributed by atoms with Gasteiger partial charge in [-0.25, -0.2) is 4.98 Å². The number of hydrogen-bond acceptors (Lipinski definition) is 6. The van der Waals surface area contributed by atoms with Gasteiger partial charge in [-0.15, -0.1) is 11.3 Å². The van der Waals surface area contributed by atoms with Crippen LogP contribution in [0.4, 0.5) is 0 Å². The molecule has 0 aliphatic heterocycles. The Labute approximate surface area is 184 Å². The van der Waals surface area contributed by atoms with Crippen LogP contribution in [0.5, 0.6) is 11.5 Å². The van der Waals surface area contributed by atoms with E-state index in [0.717, 1.165) is 33.7 Å². The number of rotatable bonds is 9. The zero-order chi connectivity index (χ0) is 22.3. The van der Waals surface area contributed by atoms with Crippen molar-refractivity contribution >= 4 is 17.3 Å². The van der Waals surface area contributed by atoms with Crippen LogP contribution in [-0.4, -0.2) is 57.8 Å². The molecule has 30 heavy (non-hydrogen) atoms. The third-order valence-corrected chi connectivity index (χ3v) is 6.15. The number of benzene rings is 1. The molecule has 1 aromatic carbocycles. The fourth-order valence-electron chi connectivity index (χ4n) is 3.04. The van der Waals surface area contributed by atoms with Crippen molar-refractivity contribution in [2.75, 3.05) is 42.0 Å². The van der Waals surface area contributed by atoms with Gasteiger partial charge in [0.2, 0.25) is 0 Å². The molecule has 2 rings (SSSR count). The maximum Gasteiger partial charge on any atom is 0.193 e. The summed E-state index contributed by atoms with van der Waals surface area (Å²) >= 11 is 1.62. The number of guanidine groups is 1. The number of aliphatic imine (C=N–C) groups is 1. The lowest BCUT2D eigenvalue weighted by Crippen LogP contribution is -2.44. The summed E-state index contributed by atoms with van der Waals surface area (Å²) in [5.74, 6) is 2.28. The van der Waals surface area contributed by atoms with E-state index in [1.54, 1.807) is 39.7 Å². The first-order chi connectivity index (χ1) is 14.2. The normalized spacial score (nSPS) is 13.1. The predicted molar refractivity (Wildman–Crippen MR) is 123 cm³/mol. The van der Waals surface area contributed by atoms with Crippen LogP contribution >= 0.6 is 11.3 Å². The van der Waals surface area contributed by atoms with Crippen LogP contribution in [0.25, 0.3) is 0 Å². The highest BCUT2D eigenvalue weighted by molar-refractivity contribution is 7.09. The van der Waals surface area contributed by atoms with Crippen molar-refractivity contribution in [2.24, 2.45) is 4.99 Å². The van der Waals surface area contributed by atoms with E-state index in [4.69, 9.17) is 14.2 Å². The molecular weight excluding hydrogens is 400 g/mol. The topological polar surface area (TPSA) is 68.2 Å². The summed E-state index contributed by atoms with van der Waals surface area (Å²) in [6, 6.07) is 6.04. The summed E-state index contributed by atoms with van der Waals surface area (Å²) in [6.45, 7) is 7.76. The number of nitrogens with one attached hydrogen (secondary N) is 1. The third kappa shape index (κ3) is 5.86. The molecule has 0 aliphatic rings. The molecule has 0 saturated carbocycles.